The van der Waals surface area contributed by atoms with Crippen LogP contribution in [0.2, 0.25) is 0 Å². The molecule has 104 valence electrons. The lowest BCUT2D eigenvalue weighted by Gasteiger charge is -2.34. The summed E-state index contributed by atoms with van der Waals surface area (Å²) >= 11 is 0. The van der Waals surface area contributed by atoms with Crippen molar-refractivity contribution in [2.75, 3.05) is 19.6 Å². The van der Waals surface area contributed by atoms with E-state index in [1.54, 1.807) is 0 Å². The fourth-order valence-electron chi connectivity index (χ4n) is 3.05. The lowest BCUT2D eigenvalue weighted by Crippen LogP contribution is -2.48. The zero-order valence-electron chi connectivity index (χ0n) is 11.5. The van der Waals surface area contributed by atoms with Crippen molar-refractivity contribution in [1.82, 2.24) is 10.2 Å². The summed E-state index contributed by atoms with van der Waals surface area (Å²) in [6.45, 7) is 4.70. The zero-order chi connectivity index (χ0) is 13.0. The molecule has 4 heteroatoms. The number of piperidine rings is 1. The van der Waals surface area contributed by atoms with E-state index in [4.69, 9.17) is 5.73 Å². The lowest BCUT2D eigenvalue weighted by atomic mass is 10.0. The number of hydrogen-bond donors (Lipinski definition) is 2. The van der Waals surface area contributed by atoms with E-state index < -0.39 is 0 Å². The first-order chi connectivity index (χ1) is 8.69. The monoisotopic (exact) mass is 253 g/mol. The van der Waals surface area contributed by atoms with Gasteiger partial charge in [0.1, 0.15) is 0 Å². The van der Waals surface area contributed by atoms with Gasteiger partial charge in [-0.05, 0) is 38.0 Å². The minimum atomic E-state index is -0.205. The number of carbonyl (C=O) groups excluding carboxylic acids is 1. The van der Waals surface area contributed by atoms with Gasteiger partial charge in [0, 0.05) is 25.2 Å². The van der Waals surface area contributed by atoms with E-state index in [1.165, 1.54) is 25.7 Å². The van der Waals surface area contributed by atoms with Crippen LogP contribution >= 0.6 is 0 Å². The number of rotatable bonds is 7. The number of carbonyl (C=O) groups is 1. The predicted molar refractivity (Wildman–Crippen MR) is 73.2 cm³/mol. The van der Waals surface area contributed by atoms with Gasteiger partial charge in [-0.3, -0.25) is 9.69 Å². The van der Waals surface area contributed by atoms with Crippen LogP contribution in [0.4, 0.5) is 0 Å². The van der Waals surface area contributed by atoms with E-state index in [0.29, 0.717) is 12.6 Å². The molecule has 0 bridgehead atoms. The smallest absolute Gasteiger partial charge is 0.231 e. The standard InChI is InChI=1S/C14H27N3O/c1-2-3-13(11-4-5-11)16-12-6-8-17(9-7-12)10-14(15)18/h11-13,16H,2-10H2,1H3,(H2,15,18). The lowest BCUT2D eigenvalue weighted by molar-refractivity contribution is -0.119. The zero-order valence-corrected chi connectivity index (χ0v) is 11.5. The molecule has 0 spiro atoms. The summed E-state index contributed by atoms with van der Waals surface area (Å²) in [5.41, 5.74) is 5.23. The first kappa shape index (κ1) is 13.8. The summed E-state index contributed by atoms with van der Waals surface area (Å²) < 4.78 is 0. The number of hydrogen-bond acceptors (Lipinski definition) is 3. The Kier molecular flexibility index (Phi) is 5.01. The average Bonchev–Trinajstić information content (AvgIpc) is 3.14. The van der Waals surface area contributed by atoms with Gasteiger partial charge in [0.25, 0.3) is 0 Å². The van der Waals surface area contributed by atoms with Gasteiger partial charge in [-0.2, -0.15) is 0 Å². The van der Waals surface area contributed by atoms with Crippen molar-refractivity contribution in [2.45, 2.75) is 57.5 Å². The first-order valence-electron chi connectivity index (χ1n) is 7.45. The van der Waals surface area contributed by atoms with Gasteiger partial charge in [-0.15, -0.1) is 0 Å². The second-order valence-electron chi connectivity index (χ2n) is 5.92. The fraction of sp³-hybridized carbons (Fsp3) is 0.929. The van der Waals surface area contributed by atoms with Crippen LogP contribution in [0.15, 0.2) is 0 Å². The van der Waals surface area contributed by atoms with Crippen molar-refractivity contribution in [1.29, 1.82) is 0 Å². The van der Waals surface area contributed by atoms with Crippen molar-refractivity contribution in [2.24, 2.45) is 11.7 Å². The Morgan fingerprint density at radius 3 is 2.50 bits per heavy atom. The summed E-state index contributed by atoms with van der Waals surface area (Å²) in [4.78, 5) is 13.0. The number of nitrogens with two attached hydrogens (primary N) is 1. The van der Waals surface area contributed by atoms with Crippen LogP contribution in [-0.2, 0) is 4.79 Å². The van der Waals surface area contributed by atoms with Crippen molar-refractivity contribution >= 4 is 5.91 Å². The summed E-state index contributed by atoms with van der Waals surface area (Å²) in [5, 5.41) is 3.85. The second kappa shape index (κ2) is 6.53. The Bertz CT molecular complexity index is 270. The average molecular weight is 253 g/mol. The number of amides is 1. The van der Waals surface area contributed by atoms with Gasteiger partial charge in [0.15, 0.2) is 0 Å². The Labute approximate surface area is 110 Å². The van der Waals surface area contributed by atoms with E-state index in [9.17, 15) is 4.79 Å². The van der Waals surface area contributed by atoms with E-state index in [-0.39, 0.29) is 5.91 Å². The van der Waals surface area contributed by atoms with Crippen LogP contribution < -0.4 is 11.1 Å². The van der Waals surface area contributed by atoms with Crippen LogP contribution in [0.5, 0.6) is 0 Å². The Hall–Kier alpha value is -0.610. The van der Waals surface area contributed by atoms with Gasteiger partial charge in [-0.25, -0.2) is 0 Å². The molecule has 1 amide bonds. The van der Waals surface area contributed by atoms with Crippen molar-refractivity contribution < 1.29 is 4.79 Å². The third-order valence-electron chi connectivity index (χ3n) is 4.21. The third kappa shape index (κ3) is 4.25. The fourth-order valence-corrected chi connectivity index (χ4v) is 3.05. The maximum absolute atomic E-state index is 10.9. The largest absolute Gasteiger partial charge is 0.369 e. The summed E-state index contributed by atoms with van der Waals surface area (Å²) in [6, 6.07) is 1.38. The van der Waals surface area contributed by atoms with Crippen molar-refractivity contribution in [3.05, 3.63) is 0 Å². The molecule has 2 fully saturated rings. The molecular formula is C14H27N3O. The highest BCUT2D eigenvalue weighted by atomic mass is 16.1. The maximum Gasteiger partial charge on any atom is 0.231 e. The molecule has 0 aromatic carbocycles. The van der Waals surface area contributed by atoms with Gasteiger partial charge >= 0.3 is 0 Å². The topological polar surface area (TPSA) is 58.4 Å². The molecule has 2 aliphatic rings. The number of likely N-dealkylation sites (tertiary alicyclic amines) is 1. The predicted octanol–water partition coefficient (Wildman–Crippen LogP) is 1.10. The number of nitrogens with one attached hydrogen (secondary N) is 1. The SMILES string of the molecule is CCCC(NC1CCN(CC(N)=O)CC1)C1CC1. The minimum Gasteiger partial charge on any atom is -0.369 e. The number of primary amides is 1. The van der Waals surface area contributed by atoms with Gasteiger partial charge in [-0.1, -0.05) is 13.3 Å². The maximum atomic E-state index is 10.9. The van der Waals surface area contributed by atoms with Crippen molar-refractivity contribution in [3.63, 3.8) is 0 Å². The third-order valence-corrected chi connectivity index (χ3v) is 4.21. The van der Waals surface area contributed by atoms with E-state index >= 15 is 0 Å². The summed E-state index contributed by atoms with van der Waals surface area (Å²) in [7, 11) is 0. The van der Waals surface area contributed by atoms with Gasteiger partial charge < -0.3 is 11.1 Å². The molecule has 0 radical (unpaired) electrons. The summed E-state index contributed by atoms with van der Waals surface area (Å²) in [6.07, 6.45) is 7.72. The van der Waals surface area contributed by atoms with Gasteiger partial charge in [0.05, 0.1) is 6.54 Å². The molecule has 3 N–H and O–H groups in total. The molecule has 0 aromatic heterocycles. The number of nitrogens with zero attached hydrogens (tertiary/aromatic N) is 1. The molecule has 1 aliphatic carbocycles. The van der Waals surface area contributed by atoms with Crippen LogP contribution in [0, 0.1) is 5.92 Å². The van der Waals surface area contributed by atoms with E-state index in [1.807, 2.05) is 0 Å². The van der Waals surface area contributed by atoms with Crippen LogP contribution in [0.3, 0.4) is 0 Å². The normalized spacial score (nSPS) is 24.1. The molecular weight excluding hydrogens is 226 g/mol. The molecule has 1 heterocycles. The molecule has 0 aromatic rings. The molecule has 18 heavy (non-hydrogen) atoms. The quantitative estimate of drug-likeness (QED) is 0.714. The van der Waals surface area contributed by atoms with Gasteiger partial charge in [0.2, 0.25) is 5.91 Å². The van der Waals surface area contributed by atoms with Crippen LogP contribution in [0.25, 0.3) is 0 Å². The highest BCUT2D eigenvalue weighted by Crippen LogP contribution is 2.35. The summed E-state index contributed by atoms with van der Waals surface area (Å²) in [5.74, 6) is 0.733. The molecule has 1 aliphatic heterocycles. The molecule has 1 unspecified atom stereocenters. The van der Waals surface area contributed by atoms with E-state index in [0.717, 1.165) is 37.9 Å². The van der Waals surface area contributed by atoms with Crippen molar-refractivity contribution in [3.8, 4) is 0 Å². The second-order valence-corrected chi connectivity index (χ2v) is 5.92. The molecule has 2 rings (SSSR count). The minimum absolute atomic E-state index is 0.205. The molecule has 1 saturated heterocycles. The Balaban J connectivity index is 1.70. The molecule has 4 nitrogen and oxygen atoms in total. The molecule has 1 atom stereocenters. The first-order valence-corrected chi connectivity index (χ1v) is 7.45. The highest BCUT2D eigenvalue weighted by molar-refractivity contribution is 5.75. The Morgan fingerprint density at radius 2 is 2.00 bits per heavy atom. The molecule has 1 saturated carbocycles. The van der Waals surface area contributed by atoms with Crippen LogP contribution in [-0.4, -0.2) is 42.5 Å². The Morgan fingerprint density at radius 1 is 1.33 bits per heavy atom. The highest BCUT2D eigenvalue weighted by Gasteiger charge is 2.32. The van der Waals surface area contributed by atoms with E-state index in [2.05, 4.69) is 17.1 Å². The van der Waals surface area contributed by atoms with Crippen LogP contribution in [0.1, 0.15) is 45.4 Å².